The van der Waals surface area contributed by atoms with Crippen molar-refractivity contribution >= 4 is 22.8 Å². The van der Waals surface area contributed by atoms with Crippen LogP contribution in [0.1, 0.15) is 25.2 Å². The number of hydrogen-bond acceptors (Lipinski definition) is 6. The molecule has 0 radical (unpaired) electrons. The van der Waals surface area contributed by atoms with Gasteiger partial charge >= 0.3 is 6.18 Å². The number of H-pyrrole nitrogens is 1. The largest absolute Gasteiger partial charge is 0.479 e. The van der Waals surface area contributed by atoms with Crippen molar-refractivity contribution in [2.75, 3.05) is 12.4 Å². The number of carbonyl (C=O) groups is 1. The number of hydrogen-bond donors (Lipinski definition) is 2. The highest BCUT2D eigenvalue weighted by atomic mass is 19.4. The fraction of sp³-hybridized carbons (Fsp3) is 0.273. The molecule has 34 heavy (non-hydrogen) atoms. The molecule has 0 saturated heterocycles. The Morgan fingerprint density at radius 2 is 1.94 bits per heavy atom. The molecule has 0 saturated carbocycles. The normalized spacial score (nSPS) is 12.2. The van der Waals surface area contributed by atoms with Gasteiger partial charge < -0.3 is 14.6 Å². The number of alkyl halides is 3. The van der Waals surface area contributed by atoms with Crippen molar-refractivity contribution in [2.24, 2.45) is 0 Å². The SMILES string of the molecule is COc1n[nH]c2ncc(-c3ccc(CC(=O)Nc4cc(C(C)(C)C(F)(F)F)on4)c(F)c3)cc12. The third kappa shape index (κ3) is 4.30. The lowest BCUT2D eigenvalue weighted by molar-refractivity contribution is -0.185. The number of rotatable bonds is 6. The molecule has 0 aliphatic carbocycles. The number of halogens is 4. The molecule has 178 valence electrons. The Bertz CT molecular complexity index is 1360. The maximum atomic E-state index is 14.7. The van der Waals surface area contributed by atoms with Gasteiger partial charge in [0.1, 0.15) is 11.2 Å². The summed E-state index contributed by atoms with van der Waals surface area (Å²) < 4.78 is 64.1. The summed E-state index contributed by atoms with van der Waals surface area (Å²) in [4.78, 5) is 16.6. The zero-order chi connectivity index (χ0) is 24.7. The van der Waals surface area contributed by atoms with Crippen molar-refractivity contribution in [1.29, 1.82) is 0 Å². The van der Waals surface area contributed by atoms with Crippen LogP contribution in [0.15, 0.2) is 41.1 Å². The van der Waals surface area contributed by atoms with Gasteiger partial charge in [-0.05, 0) is 37.1 Å². The molecule has 8 nitrogen and oxygen atoms in total. The number of amides is 1. The van der Waals surface area contributed by atoms with E-state index in [0.29, 0.717) is 28.0 Å². The number of benzene rings is 1. The van der Waals surface area contributed by atoms with Crippen LogP contribution in [0.2, 0.25) is 0 Å². The second kappa shape index (κ2) is 8.43. The first-order valence-corrected chi connectivity index (χ1v) is 10.0. The number of methoxy groups -OCH3 is 1. The average Bonchev–Trinajstić information content (AvgIpc) is 3.41. The molecular weight excluding hydrogens is 458 g/mol. The summed E-state index contributed by atoms with van der Waals surface area (Å²) in [6, 6.07) is 7.08. The van der Waals surface area contributed by atoms with Crippen molar-refractivity contribution in [2.45, 2.75) is 31.9 Å². The number of anilines is 1. The molecule has 1 amide bonds. The number of nitrogens with one attached hydrogen (secondary N) is 2. The number of nitrogens with zero attached hydrogens (tertiary/aromatic N) is 3. The predicted octanol–water partition coefficient (Wildman–Crippen LogP) is 4.78. The molecule has 4 rings (SSSR count). The van der Waals surface area contributed by atoms with Gasteiger partial charge in [-0.3, -0.25) is 9.89 Å². The highest BCUT2D eigenvalue weighted by molar-refractivity contribution is 5.91. The number of fused-ring (bicyclic) bond motifs is 1. The molecule has 0 fully saturated rings. The lowest BCUT2D eigenvalue weighted by Gasteiger charge is -2.24. The van der Waals surface area contributed by atoms with E-state index in [9.17, 15) is 22.4 Å². The van der Waals surface area contributed by atoms with E-state index in [1.165, 1.54) is 19.2 Å². The second-order valence-corrected chi connectivity index (χ2v) is 8.08. The number of carbonyl (C=O) groups excluding carboxylic acids is 1. The summed E-state index contributed by atoms with van der Waals surface area (Å²) >= 11 is 0. The van der Waals surface area contributed by atoms with Crippen LogP contribution in [0.5, 0.6) is 5.88 Å². The van der Waals surface area contributed by atoms with Crippen LogP contribution in [0, 0.1) is 5.82 Å². The molecule has 0 aliphatic heterocycles. The van der Waals surface area contributed by atoms with Gasteiger partial charge in [0.2, 0.25) is 11.8 Å². The highest BCUT2D eigenvalue weighted by Gasteiger charge is 2.51. The first-order valence-electron chi connectivity index (χ1n) is 10.0. The van der Waals surface area contributed by atoms with Crippen LogP contribution < -0.4 is 10.1 Å². The minimum Gasteiger partial charge on any atom is -0.479 e. The molecule has 0 bridgehead atoms. The van der Waals surface area contributed by atoms with E-state index >= 15 is 0 Å². The summed E-state index contributed by atoms with van der Waals surface area (Å²) in [5.41, 5.74) is -0.539. The quantitative estimate of drug-likeness (QED) is 0.387. The zero-order valence-electron chi connectivity index (χ0n) is 18.2. The van der Waals surface area contributed by atoms with E-state index in [2.05, 4.69) is 25.7 Å². The molecule has 1 aromatic carbocycles. The Morgan fingerprint density at radius 3 is 2.62 bits per heavy atom. The van der Waals surface area contributed by atoms with Gasteiger partial charge in [0, 0.05) is 17.8 Å². The first kappa shape index (κ1) is 23.2. The molecule has 0 aliphatic rings. The van der Waals surface area contributed by atoms with Crippen LogP contribution in [0.4, 0.5) is 23.4 Å². The van der Waals surface area contributed by atoms with Crippen molar-refractivity contribution in [3.05, 3.63) is 53.7 Å². The van der Waals surface area contributed by atoms with Crippen LogP contribution in [0.3, 0.4) is 0 Å². The van der Waals surface area contributed by atoms with Gasteiger partial charge in [-0.1, -0.05) is 17.3 Å². The Labute approximate surface area is 190 Å². The fourth-order valence-electron chi connectivity index (χ4n) is 3.19. The minimum atomic E-state index is -4.57. The van der Waals surface area contributed by atoms with E-state index < -0.39 is 29.1 Å². The van der Waals surface area contributed by atoms with Gasteiger partial charge in [-0.25, -0.2) is 9.37 Å². The Balaban J connectivity index is 1.48. The lowest BCUT2D eigenvalue weighted by atomic mass is 9.89. The Kier molecular flexibility index (Phi) is 5.75. The summed E-state index contributed by atoms with van der Waals surface area (Å²) in [7, 11) is 1.47. The number of aromatic nitrogens is 4. The van der Waals surface area contributed by atoms with Gasteiger partial charge in [0.15, 0.2) is 17.2 Å². The molecule has 0 atom stereocenters. The molecule has 3 aromatic heterocycles. The maximum absolute atomic E-state index is 14.7. The van der Waals surface area contributed by atoms with Crippen LogP contribution >= 0.6 is 0 Å². The van der Waals surface area contributed by atoms with Gasteiger partial charge in [0.05, 0.1) is 18.9 Å². The van der Waals surface area contributed by atoms with Crippen molar-refractivity contribution < 1.29 is 31.6 Å². The lowest BCUT2D eigenvalue weighted by Crippen LogP contribution is -2.35. The molecular formula is C22H19F4N5O3. The molecule has 0 unspecified atom stereocenters. The monoisotopic (exact) mass is 477 g/mol. The van der Waals surface area contributed by atoms with E-state index in [-0.39, 0.29) is 17.8 Å². The average molecular weight is 477 g/mol. The predicted molar refractivity (Wildman–Crippen MR) is 114 cm³/mol. The number of ether oxygens (including phenoxy) is 1. The van der Waals surface area contributed by atoms with Gasteiger partial charge in [0.25, 0.3) is 0 Å². The smallest absolute Gasteiger partial charge is 0.401 e. The van der Waals surface area contributed by atoms with Crippen LogP contribution in [0.25, 0.3) is 22.2 Å². The van der Waals surface area contributed by atoms with Gasteiger partial charge in [-0.2, -0.15) is 13.2 Å². The van der Waals surface area contributed by atoms with Crippen molar-refractivity contribution in [3.8, 4) is 17.0 Å². The summed E-state index contributed by atoms with van der Waals surface area (Å²) in [6.45, 7) is 1.87. The Hall–Kier alpha value is -3.96. The fourth-order valence-corrected chi connectivity index (χ4v) is 3.19. The minimum absolute atomic E-state index is 0.0931. The number of aromatic amines is 1. The first-order chi connectivity index (χ1) is 16.0. The maximum Gasteiger partial charge on any atom is 0.401 e. The van der Waals surface area contributed by atoms with Gasteiger partial charge in [-0.15, -0.1) is 5.10 Å². The number of pyridine rings is 1. The zero-order valence-corrected chi connectivity index (χ0v) is 18.2. The van der Waals surface area contributed by atoms with Crippen LogP contribution in [-0.4, -0.2) is 39.5 Å². The van der Waals surface area contributed by atoms with E-state index in [0.717, 1.165) is 19.9 Å². The molecule has 12 heteroatoms. The van der Waals surface area contributed by atoms with E-state index in [1.54, 1.807) is 18.3 Å². The van der Waals surface area contributed by atoms with Crippen molar-refractivity contribution in [3.63, 3.8) is 0 Å². The molecule has 4 aromatic rings. The highest BCUT2D eigenvalue weighted by Crippen LogP contribution is 2.41. The second-order valence-electron chi connectivity index (χ2n) is 8.08. The topological polar surface area (TPSA) is 106 Å². The molecule has 3 heterocycles. The van der Waals surface area contributed by atoms with E-state index in [1.807, 2.05) is 0 Å². The van der Waals surface area contributed by atoms with Crippen LogP contribution in [-0.2, 0) is 16.6 Å². The molecule has 0 spiro atoms. The summed E-state index contributed by atoms with van der Waals surface area (Å²) in [5.74, 6) is -1.59. The van der Waals surface area contributed by atoms with E-state index in [4.69, 9.17) is 9.26 Å². The Morgan fingerprint density at radius 1 is 1.18 bits per heavy atom. The third-order valence-corrected chi connectivity index (χ3v) is 5.41. The standard InChI is InChI=1S/C22H19F4N5O3/c1-21(2,22(24,25)26)16-9-17(31-34-16)28-18(32)8-12-5-4-11(7-15(12)23)13-6-14-19(27-10-13)29-30-20(14)33-3/h4-7,9-10H,8H2,1-3H3,(H,27,29,30)(H,28,31,32). The van der Waals surface area contributed by atoms with Crippen molar-refractivity contribution in [1.82, 2.24) is 20.3 Å². The summed E-state index contributed by atoms with van der Waals surface area (Å²) in [5, 5.41) is 13.1. The molecule has 2 N–H and O–H groups in total. The third-order valence-electron chi connectivity index (χ3n) is 5.41. The summed E-state index contributed by atoms with van der Waals surface area (Å²) in [6.07, 6.45) is -3.38.